The molecule has 0 heterocycles. The van der Waals surface area contributed by atoms with E-state index in [-0.39, 0.29) is 6.54 Å². The van der Waals surface area contributed by atoms with Gasteiger partial charge in [-0.15, -0.1) is 0 Å². The summed E-state index contributed by atoms with van der Waals surface area (Å²) in [5, 5.41) is 8.90. The number of aliphatic carboxylic acids is 1. The molecule has 0 saturated carbocycles. The van der Waals surface area contributed by atoms with E-state index in [1.807, 2.05) is 18.7 Å². The van der Waals surface area contributed by atoms with E-state index in [0.717, 1.165) is 0 Å². The third-order valence-electron chi connectivity index (χ3n) is 2.87. The molecule has 18 heavy (non-hydrogen) atoms. The molecule has 4 heteroatoms. The summed E-state index contributed by atoms with van der Waals surface area (Å²) in [7, 11) is 1.62. The average Bonchev–Trinajstić information content (AvgIpc) is 2.30. The van der Waals surface area contributed by atoms with Gasteiger partial charge in [-0.2, -0.15) is 0 Å². The minimum atomic E-state index is -0.809. The van der Waals surface area contributed by atoms with E-state index in [1.54, 1.807) is 7.11 Å². The van der Waals surface area contributed by atoms with Crippen LogP contribution in [-0.4, -0.2) is 42.8 Å². The highest BCUT2D eigenvalue weighted by molar-refractivity contribution is 5.69. The van der Waals surface area contributed by atoms with Crippen LogP contribution in [0.2, 0.25) is 0 Å². The minimum Gasteiger partial charge on any atom is -0.480 e. The monoisotopic (exact) mass is 251 g/mol. The van der Waals surface area contributed by atoms with E-state index in [0.29, 0.717) is 19.7 Å². The summed E-state index contributed by atoms with van der Waals surface area (Å²) in [6.45, 7) is 5.93. The second kappa shape index (κ2) is 7.13. The Morgan fingerprint density at radius 3 is 2.72 bits per heavy atom. The summed E-state index contributed by atoms with van der Waals surface area (Å²) in [5.41, 5.74) is 3.55. The number of hydrogen-bond acceptors (Lipinski definition) is 3. The Morgan fingerprint density at radius 2 is 2.11 bits per heavy atom. The van der Waals surface area contributed by atoms with Crippen LogP contribution in [0.5, 0.6) is 0 Å². The Hall–Kier alpha value is -1.39. The molecule has 1 N–H and O–H groups in total. The topological polar surface area (TPSA) is 49.8 Å². The van der Waals surface area contributed by atoms with Gasteiger partial charge in [0.2, 0.25) is 0 Å². The Bertz CT molecular complexity index is 404. The average molecular weight is 251 g/mol. The van der Waals surface area contributed by atoms with Crippen molar-refractivity contribution in [1.82, 2.24) is 4.90 Å². The Kier molecular flexibility index (Phi) is 5.82. The second-order valence-electron chi connectivity index (χ2n) is 4.53. The maximum absolute atomic E-state index is 10.8. The zero-order valence-electron chi connectivity index (χ0n) is 11.3. The lowest BCUT2D eigenvalue weighted by atomic mass is 10.1. The van der Waals surface area contributed by atoms with Crippen molar-refractivity contribution >= 4 is 5.97 Å². The fourth-order valence-electron chi connectivity index (χ4n) is 1.84. The smallest absolute Gasteiger partial charge is 0.317 e. The molecule has 0 fully saturated rings. The first-order chi connectivity index (χ1) is 8.52. The van der Waals surface area contributed by atoms with Crippen LogP contribution < -0.4 is 0 Å². The van der Waals surface area contributed by atoms with Crippen molar-refractivity contribution in [3.05, 3.63) is 34.9 Å². The van der Waals surface area contributed by atoms with Gasteiger partial charge < -0.3 is 9.84 Å². The molecule has 0 atom stereocenters. The van der Waals surface area contributed by atoms with Crippen LogP contribution in [0.3, 0.4) is 0 Å². The summed E-state index contributed by atoms with van der Waals surface area (Å²) in [6, 6.07) is 6.24. The fraction of sp³-hybridized carbons (Fsp3) is 0.500. The molecule has 0 aliphatic heterocycles. The van der Waals surface area contributed by atoms with Crippen molar-refractivity contribution in [2.75, 3.05) is 26.8 Å². The fourth-order valence-corrected chi connectivity index (χ4v) is 1.84. The number of methoxy groups -OCH3 is 1. The largest absolute Gasteiger partial charge is 0.480 e. The molecule has 1 rings (SSSR count). The predicted molar refractivity (Wildman–Crippen MR) is 70.7 cm³/mol. The van der Waals surface area contributed by atoms with Crippen LogP contribution in [0.4, 0.5) is 0 Å². The SMILES string of the molecule is COCCN(CC(=O)O)Cc1cc(C)ccc1C. The van der Waals surface area contributed by atoms with Crippen LogP contribution in [0, 0.1) is 13.8 Å². The number of carboxylic acid groups (broad SMARTS) is 1. The van der Waals surface area contributed by atoms with E-state index >= 15 is 0 Å². The van der Waals surface area contributed by atoms with Crippen molar-refractivity contribution in [2.45, 2.75) is 20.4 Å². The highest BCUT2D eigenvalue weighted by atomic mass is 16.5. The molecule has 0 unspecified atom stereocenters. The van der Waals surface area contributed by atoms with Gasteiger partial charge in [0.1, 0.15) is 0 Å². The summed E-state index contributed by atoms with van der Waals surface area (Å²) in [6.07, 6.45) is 0. The predicted octanol–water partition coefficient (Wildman–Crippen LogP) is 1.84. The second-order valence-corrected chi connectivity index (χ2v) is 4.53. The van der Waals surface area contributed by atoms with Gasteiger partial charge in [-0.05, 0) is 25.0 Å². The van der Waals surface area contributed by atoms with Gasteiger partial charge in [0, 0.05) is 20.2 Å². The normalized spacial score (nSPS) is 10.9. The van der Waals surface area contributed by atoms with Crippen molar-refractivity contribution in [1.29, 1.82) is 0 Å². The molecule has 0 spiro atoms. The van der Waals surface area contributed by atoms with E-state index in [4.69, 9.17) is 9.84 Å². The Morgan fingerprint density at radius 1 is 1.39 bits per heavy atom. The Balaban J connectivity index is 2.74. The maximum Gasteiger partial charge on any atom is 0.317 e. The Labute approximate surface area is 108 Å². The standard InChI is InChI=1S/C14H21NO3/c1-11-4-5-12(2)13(8-11)9-15(6-7-18-3)10-14(16)17/h4-5,8H,6-7,9-10H2,1-3H3,(H,16,17). The number of aryl methyl sites for hydroxylation is 2. The van der Waals surface area contributed by atoms with E-state index in [2.05, 4.69) is 18.2 Å². The lowest BCUT2D eigenvalue weighted by Gasteiger charge is -2.21. The number of nitrogens with zero attached hydrogens (tertiary/aromatic N) is 1. The maximum atomic E-state index is 10.8. The van der Waals surface area contributed by atoms with Crippen LogP contribution in [0.25, 0.3) is 0 Å². The highest BCUT2D eigenvalue weighted by Gasteiger charge is 2.11. The molecule has 1 aromatic carbocycles. The van der Waals surface area contributed by atoms with E-state index in [1.165, 1.54) is 16.7 Å². The lowest BCUT2D eigenvalue weighted by Crippen LogP contribution is -2.32. The molecular weight excluding hydrogens is 230 g/mol. The minimum absolute atomic E-state index is 0.0384. The van der Waals surface area contributed by atoms with E-state index in [9.17, 15) is 4.79 Å². The van der Waals surface area contributed by atoms with Gasteiger partial charge in [0.25, 0.3) is 0 Å². The van der Waals surface area contributed by atoms with Crippen LogP contribution in [-0.2, 0) is 16.1 Å². The molecule has 0 bridgehead atoms. The molecule has 0 amide bonds. The van der Waals surface area contributed by atoms with Crippen LogP contribution >= 0.6 is 0 Å². The lowest BCUT2D eigenvalue weighted by molar-refractivity contribution is -0.138. The molecule has 0 saturated heterocycles. The number of carbonyl (C=O) groups is 1. The van der Waals surface area contributed by atoms with Gasteiger partial charge in [-0.1, -0.05) is 23.8 Å². The molecule has 1 aromatic rings. The van der Waals surface area contributed by atoms with Crippen LogP contribution in [0.15, 0.2) is 18.2 Å². The third kappa shape index (κ3) is 4.85. The van der Waals surface area contributed by atoms with E-state index < -0.39 is 5.97 Å². The number of carboxylic acids is 1. The first kappa shape index (κ1) is 14.7. The molecular formula is C14H21NO3. The molecule has 100 valence electrons. The van der Waals surface area contributed by atoms with Gasteiger partial charge in [0.05, 0.1) is 13.2 Å². The summed E-state index contributed by atoms with van der Waals surface area (Å²) in [5.74, 6) is -0.809. The number of benzene rings is 1. The molecule has 0 aliphatic carbocycles. The zero-order valence-corrected chi connectivity index (χ0v) is 11.3. The number of rotatable bonds is 7. The first-order valence-corrected chi connectivity index (χ1v) is 6.02. The third-order valence-corrected chi connectivity index (χ3v) is 2.87. The van der Waals surface area contributed by atoms with Gasteiger partial charge >= 0.3 is 5.97 Å². The number of ether oxygens (including phenoxy) is 1. The molecule has 0 radical (unpaired) electrons. The van der Waals surface area contributed by atoms with Gasteiger partial charge in [-0.3, -0.25) is 9.69 Å². The summed E-state index contributed by atoms with van der Waals surface area (Å²) >= 11 is 0. The van der Waals surface area contributed by atoms with Crippen molar-refractivity contribution < 1.29 is 14.6 Å². The zero-order chi connectivity index (χ0) is 13.5. The highest BCUT2D eigenvalue weighted by Crippen LogP contribution is 2.13. The van der Waals surface area contributed by atoms with Gasteiger partial charge in [0.15, 0.2) is 0 Å². The molecule has 0 aromatic heterocycles. The molecule has 0 aliphatic rings. The summed E-state index contributed by atoms with van der Waals surface area (Å²) < 4.78 is 5.01. The van der Waals surface area contributed by atoms with Crippen molar-refractivity contribution in [3.8, 4) is 0 Å². The van der Waals surface area contributed by atoms with Crippen molar-refractivity contribution in [2.24, 2.45) is 0 Å². The number of hydrogen-bond donors (Lipinski definition) is 1. The summed E-state index contributed by atoms with van der Waals surface area (Å²) in [4.78, 5) is 12.7. The molecule has 4 nitrogen and oxygen atoms in total. The van der Waals surface area contributed by atoms with Gasteiger partial charge in [-0.25, -0.2) is 0 Å². The first-order valence-electron chi connectivity index (χ1n) is 6.02. The van der Waals surface area contributed by atoms with Crippen molar-refractivity contribution in [3.63, 3.8) is 0 Å². The quantitative estimate of drug-likeness (QED) is 0.803. The van der Waals surface area contributed by atoms with Crippen LogP contribution in [0.1, 0.15) is 16.7 Å².